The smallest absolute Gasteiger partial charge is 0.268 e. The number of hydrogen-bond acceptors (Lipinski definition) is 6. The van der Waals surface area contributed by atoms with E-state index in [4.69, 9.17) is 0 Å². The summed E-state index contributed by atoms with van der Waals surface area (Å²) in [7, 11) is 0. The van der Waals surface area contributed by atoms with Crippen molar-refractivity contribution >= 4 is 11.3 Å². The van der Waals surface area contributed by atoms with Crippen molar-refractivity contribution in [2.24, 2.45) is 0 Å². The van der Waals surface area contributed by atoms with Gasteiger partial charge in [-0.15, -0.1) is 10.2 Å². The third kappa shape index (κ3) is 3.36. The van der Waals surface area contributed by atoms with Gasteiger partial charge in [-0.1, -0.05) is 17.4 Å². The van der Waals surface area contributed by atoms with Gasteiger partial charge in [0.15, 0.2) is 5.01 Å². The van der Waals surface area contributed by atoms with Gasteiger partial charge in [-0.25, -0.2) is 4.68 Å². The topological polar surface area (TPSA) is 73.6 Å². The van der Waals surface area contributed by atoms with E-state index in [1.54, 1.807) is 6.20 Å². The number of halogens is 3. The number of alkyl halides is 3. The lowest BCUT2D eigenvalue weighted by Crippen LogP contribution is -2.23. The summed E-state index contributed by atoms with van der Waals surface area (Å²) < 4.78 is 39.3. The molecule has 0 N–H and O–H groups in total. The van der Waals surface area contributed by atoms with Gasteiger partial charge < -0.3 is 0 Å². The molecular weight excluding hydrogens is 367 g/mol. The first-order chi connectivity index (χ1) is 12.4. The second kappa shape index (κ2) is 6.27. The van der Waals surface area contributed by atoms with E-state index in [-0.39, 0.29) is 22.8 Å². The Bertz CT molecular complexity index is 1010. The van der Waals surface area contributed by atoms with Crippen LogP contribution in [0.25, 0.3) is 10.7 Å². The number of rotatable bonds is 4. The monoisotopic (exact) mass is 379 g/mol. The zero-order valence-corrected chi connectivity index (χ0v) is 14.1. The molecule has 0 bridgehead atoms. The molecule has 1 fully saturated rings. The fourth-order valence-electron chi connectivity index (χ4n) is 2.61. The highest BCUT2D eigenvalue weighted by Crippen LogP contribution is 2.41. The number of aromatic nitrogens is 5. The van der Waals surface area contributed by atoms with Crippen LogP contribution in [0.5, 0.6) is 0 Å². The molecule has 3 heterocycles. The summed E-state index contributed by atoms with van der Waals surface area (Å²) in [6.07, 6.45) is -0.730. The van der Waals surface area contributed by atoms with Crippen LogP contribution in [0.2, 0.25) is 0 Å². The first-order valence-electron chi connectivity index (χ1n) is 7.85. The second-order valence-electron chi connectivity index (χ2n) is 5.94. The number of nitrogens with zero attached hydrogens (tertiary/aromatic N) is 5. The maximum Gasteiger partial charge on any atom is 0.445 e. The Morgan fingerprint density at radius 3 is 2.69 bits per heavy atom. The van der Waals surface area contributed by atoms with Crippen molar-refractivity contribution in [2.45, 2.75) is 31.5 Å². The molecule has 0 saturated heterocycles. The molecule has 3 aromatic rings. The summed E-state index contributed by atoms with van der Waals surface area (Å²) >= 11 is 0.391. The maximum atomic E-state index is 12.7. The highest BCUT2D eigenvalue weighted by Gasteiger charge is 2.36. The fourth-order valence-corrected chi connectivity index (χ4v) is 3.28. The minimum absolute atomic E-state index is 0.00881. The summed E-state index contributed by atoms with van der Waals surface area (Å²) in [5.41, 5.74) is 1.64. The molecule has 10 heteroatoms. The normalized spacial score (nSPS) is 14.6. The highest BCUT2D eigenvalue weighted by atomic mass is 32.1. The van der Waals surface area contributed by atoms with Crippen LogP contribution in [-0.2, 0) is 12.7 Å². The van der Waals surface area contributed by atoms with E-state index >= 15 is 0 Å². The molecule has 0 amide bonds. The zero-order chi connectivity index (χ0) is 18.3. The van der Waals surface area contributed by atoms with Gasteiger partial charge in [0.25, 0.3) is 5.56 Å². The molecule has 3 aromatic heterocycles. The van der Waals surface area contributed by atoms with Gasteiger partial charge >= 0.3 is 6.18 Å². The Kier molecular flexibility index (Phi) is 4.06. The van der Waals surface area contributed by atoms with E-state index < -0.39 is 11.2 Å². The Morgan fingerprint density at radius 1 is 1.19 bits per heavy atom. The molecule has 1 aliphatic carbocycles. The van der Waals surface area contributed by atoms with Crippen LogP contribution < -0.4 is 5.56 Å². The molecule has 6 nitrogen and oxygen atoms in total. The largest absolute Gasteiger partial charge is 0.445 e. The molecule has 0 aromatic carbocycles. The number of hydrogen-bond donors (Lipinski definition) is 0. The minimum atomic E-state index is -4.56. The third-order valence-electron chi connectivity index (χ3n) is 4.00. The van der Waals surface area contributed by atoms with E-state index in [0.29, 0.717) is 17.3 Å². The van der Waals surface area contributed by atoms with E-state index in [2.05, 4.69) is 20.3 Å². The first-order valence-corrected chi connectivity index (χ1v) is 8.66. The van der Waals surface area contributed by atoms with Crippen molar-refractivity contribution in [3.63, 3.8) is 0 Å². The van der Waals surface area contributed by atoms with Crippen molar-refractivity contribution in [1.29, 1.82) is 0 Å². The lowest BCUT2D eigenvalue weighted by Gasteiger charge is -2.09. The Balaban J connectivity index is 1.67. The van der Waals surface area contributed by atoms with Crippen LogP contribution in [-0.4, -0.2) is 25.0 Å². The molecule has 1 saturated carbocycles. The minimum Gasteiger partial charge on any atom is -0.268 e. The van der Waals surface area contributed by atoms with Gasteiger partial charge in [-0.3, -0.25) is 9.78 Å². The van der Waals surface area contributed by atoms with Gasteiger partial charge in [-0.05, 0) is 36.5 Å². The van der Waals surface area contributed by atoms with Crippen LogP contribution in [0.15, 0.2) is 35.3 Å². The molecule has 0 unspecified atom stereocenters. The molecule has 4 rings (SSSR count). The molecular formula is C16H12F3N5OS. The SMILES string of the molecule is O=c1ccc(-c2nnc(C(F)(F)F)s2)nn1Cc1ncccc1C1CC1. The third-order valence-corrected chi connectivity index (χ3v) is 4.99. The summed E-state index contributed by atoms with van der Waals surface area (Å²) in [6, 6.07) is 6.44. The standard InChI is InChI=1S/C16H12F3N5OS/c17-16(18,19)15-22-21-14(26-15)11-5-6-13(25)24(23-11)8-12-10(9-3-4-9)2-1-7-20-12/h1-2,5-7,9H,3-4,8H2. The lowest BCUT2D eigenvalue weighted by molar-refractivity contribution is -0.138. The van der Waals surface area contributed by atoms with Crippen molar-refractivity contribution < 1.29 is 13.2 Å². The average molecular weight is 379 g/mol. The summed E-state index contributed by atoms with van der Waals surface area (Å²) in [5.74, 6) is 0.454. The predicted octanol–water partition coefficient (Wildman–Crippen LogP) is 3.10. The lowest BCUT2D eigenvalue weighted by atomic mass is 10.1. The Hall–Kier alpha value is -2.62. The van der Waals surface area contributed by atoms with E-state index in [0.717, 1.165) is 24.1 Å². The van der Waals surface area contributed by atoms with Crippen LogP contribution in [0.1, 0.15) is 35.0 Å². The van der Waals surface area contributed by atoms with Crippen molar-refractivity contribution in [3.8, 4) is 10.7 Å². The Labute approximate surface area is 149 Å². The number of pyridine rings is 1. The predicted molar refractivity (Wildman–Crippen MR) is 87.7 cm³/mol. The van der Waals surface area contributed by atoms with Crippen LogP contribution in [0.3, 0.4) is 0 Å². The van der Waals surface area contributed by atoms with E-state index in [1.165, 1.54) is 16.8 Å². The van der Waals surface area contributed by atoms with Crippen LogP contribution >= 0.6 is 11.3 Å². The summed E-state index contributed by atoms with van der Waals surface area (Å²) in [4.78, 5) is 16.5. The van der Waals surface area contributed by atoms with Crippen LogP contribution in [0.4, 0.5) is 13.2 Å². The van der Waals surface area contributed by atoms with Crippen molar-refractivity contribution in [2.75, 3.05) is 0 Å². The van der Waals surface area contributed by atoms with Gasteiger partial charge in [0, 0.05) is 12.3 Å². The van der Waals surface area contributed by atoms with Gasteiger partial charge in [-0.2, -0.15) is 18.3 Å². The second-order valence-corrected chi connectivity index (χ2v) is 6.92. The highest BCUT2D eigenvalue weighted by molar-refractivity contribution is 7.14. The summed E-state index contributed by atoms with van der Waals surface area (Å²) in [6.45, 7) is 0.157. The van der Waals surface area contributed by atoms with E-state index in [9.17, 15) is 18.0 Å². The zero-order valence-electron chi connectivity index (χ0n) is 13.3. The molecule has 0 aliphatic heterocycles. The summed E-state index contributed by atoms with van der Waals surface area (Å²) in [5, 5.41) is 9.81. The van der Waals surface area contributed by atoms with E-state index in [1.807, 2.05) is 12.1 Å². The fraction of sp³-hybridized carbons (Fsp3) is 0.312. The first kappa shape index (κ1) is 16.8. The maximum absolute atomic E-state index is 12.7. The quantitative estimate of drug-likeness (QED) is 0.696. The molecule has 0 spiro atoms. The van der Waals surface area contributed by atoms with Gasteiger partial charge in [0.2, 0.25) is 5.01 Å². The average Bonchev–Trinajstić information content (AvgIpc) is 3.31. The van der Waals surface area contributed by atoms with Crippen molar-refractivity contribution in [1.82, 2.24) is 25.0 Å². The van der Waals surface area contributed by atoms with Gasteiger partial charge in [0.1, 0.15) is 5.69 Å². The molecule has 134 valence electrons. The molecule has 0 radical (unpaired) electrons. The molecule has 1 aliphatic rings. The molecule has 26 heavy (non-hydrogen) atoms. The van der Waals surface area contributed by atoms with Crippen molar-refractivity contribution in [3.05, 3.63) is 57.1 Å². The molecule has 0 atom stereocenters. The van der Waals surface area contributed by atoms with Crippen LogP contribution in [0, 0.1) is 0 Å². The Morgan fingerprint density at radius 2 is 2.00 bits per heavy atom. The van der Waals surface area contributed by atoms with Gasteiger partial charge in [0.05, 0.1) is 12.2 Å².